The van der Waals surface area contributed by atoms with Crippen LogP contribution in [0.15, 0.2) is 65.4 Å². The fourth-order valence-corrected chi connectivity index (χ4v) is 5.56. The molecule has 1 aliphatic carbocycles. The largest absolute Gasteiger partial charge is 0.292 e. The van der Waals surface area contributed by atoms with Gasteiger partial charge in [0.25, 0.3) is 0 Å². The summed E-state index contributed by atoms with van der Waals surface area (Å²) in [5.41, 5.74) is 4.62. The first-order valence-electron chi connectivity index (χ1n) is 10.3. The van der Waals surface area contributed by atoms with E-state index >= 15 is 0 Å². The van der Waals surface area contributed by atoms with Crippen molar-refractivity contribution in [2.75, 3.05) is 13.1 Å². The van der Waals surface area contributed by atoms with Crippen LogP contribution in [0.25, 0.3) is 5.57 Å². The number of allylic oxidation sites excluding steroid dienone is 1. The summed E-state index contributed by atoms with van der Waals surface area (Å²) in [4.78, 5) is 12.3. The molecule has 0 N–H and O–H groups in total. The number of hydrogen-bond donors (Lipinski definition) is 0. The maximum Gasteiger partial charge on any atom is 0.145 e. The topological polar surface area (TPSA) is 52.3 Å². The average Bonchev–Trinajstić information content (AvgIpc) is 3.44. The third-order valence-corrected chi connectivity index (χ3v) is 6.63. The molecule has 5 rings (SSSR count). The predicted octanol–water partition coefficient (Wildman–Crippen LogP) is 4.45. The van der Waals surface area contributed by atoms with Crippen molar-refractivity contribution in [1.82, 2.24) is 9.88 Å². The molecule has 2 fully saturated rings. The summed E-state index contributed by atoms with van der Waals surface area (Å²) >= 11 is 0. The fraction of sp³-hybridized carbons (Fsp3) is 0.375. The molecule has 4 heteroatoms. The molecule has 3 aliphatic rings. The third-order valence-electron chi connectivity index (χ3n) is 6.63. The van der Waals surface area contributed by atoms with E-state index in [-0.39, 0.29) is 11.5 Å². The Bertz CT molecular complexity index is 965. The summed E-state index contributed by atoms with van der Waals surface area (Å²) in [7, 11) is 0. The third kappa shape index (κ3) is 2.54. The van der Waals surface area contributed by atoms with Crippen LogP contribution in [0.5, 0.6) is 0 Å². The Morgan fingerprint density at radius 3 is 2.50 bits per heavy atom. The van der Waals surface area contributed by atoms with Gasteiger partial charge in [0.05, 0.1) is 16.9 Å². The highest BCUT2D eigenvalue weighted by Crippen LogP contribution is 2.53. The number of likely N-dealkylation sites (tertiary alicyclic amines) is 1. The highest BCUT2D eigenvalue weighted by atomic mass is 15.2. The van der Waals surface area contributed by atoms with Gasteiger partial charge in [-0.25, -0.2) is 4.99 Å². The maximum atomic E-state index is 10.0. The van der Waals surface area contributed by atoms with Crippen LogP contribution < -0.4 is 0 Å². The van der Waals surface area contributed by atoms with E-state index in [1.165, 1.54) is 12.8 Å². The van der Waals surface area contributed by atoms with Crippen LogP contribution in [-0.4, -0.2) is 34.2 Å². The van der Waals surface area contributed by atoms with E-state index in [0.717, 1.165) is 54.9 Å². The molecule has 0 radical (unpaired) electrons. The number of hydrogen-bond acceptors (Lipinski definition) is 4. The number of aromatic nitrogens is 1. The highest BCUT2D eigenvalue weighted by Gasteiger charge is 2.55. The molecular weight excluding hydrogens is 344 g/mol. The zero-order chi connectivity index (χ0) is 19.0. The Balaban J connectivity index is 1.77. The van der Waals surface area contributed by atoms with Gasteiger partial charge in [0.15, 0.2) is 0 Å². The van der Waals surface area contributed by atoms with Gasteiger partial charge in [-0.05, 0) is 56.5 Å². The van der Waals surface area contributed by atoms with Gasteiger partial charge in [-0.2, -0.15) is 5.26 Å². The monoisotopic (exact) mass is 368 g/mol. The number of nitriles is 1. The molecule has 0 bridgehead atoms. The molecule has 4 nitrogen and oxygen atoms in total. The minimum absolute atomic E-state index is 0.142. The molecule has 1 aromatic heterocycles. The Labute approximate surface area is 166 Å². The molecule has 1 saturated heterocycles. The van der Waals surface area contributed by atoms with Gasteiger partial charge in [-0.3, -0.25) is 9.88 Å². The van der Waals surface area contributed by atoms with Gasteiger partial charge in [-0.15, -0.1) is 0 Å². The highest BCUT2D eigenvalue weighted by molar-refractivity contribution is 6.10. The Kier molecular flexibility index (Phi) is 4.33. The van der Waals surface area contributed by atoms with E-state index in [2.05, 4.69) is 46.3 Å². The van der Waals surface area contributed by atoms with Gasteiger partial charge >= 0.3 is 0 Å². The summed E-state index contributed by atoms with van der Waals surface area (Å²) in [5.74, 6) is 0.289. The average molecular weight is 368 g/mol. The number of nitrogens with zero attached hydrogens (tertiary/aromatic N) is 4. The first-order valence-corrected chi connectivity index (χ1v) is 10.3. The van der Waals surface area contributed by atoms with Crippen LogP contribution in [0, 0.1) is 17.2 Å². The van der Waals surface area contributed by atoms with E-state index in [1.54, 1.807) is 0 Å². The van der Waals surface area contributed by atoms with Crippen LogP contribution in [0.4, 0.5) is 0 Å². The zero-order valence-corrected chi connectivity index (χ0v) is 16.0. The van der Waals surface area contributed by atoms with Gasteiger partial charge < -0.3 is 0 Å². The van der Waals surface area contributed by atoms with Crippen molar-refractivity contribution in [2.45, 2.75) is 37.6 Å². The Hall–Kier alpha value is -2.77. The number of fused-ring (bicyclic) bond motifs is 1. The molecule has 2 aromatic rings. The number of aliphatic imine (C=N–C) groups is 1. The lowest BCUT2D eigenvalue weighted by atomic mass is 9.71. The molecule has 140 valence electrons. The van der Waals surface area contributed by atoms with Gasteiger partial charge in [0.2, 0.25) is 0 Å². The lowest BCUT2D eigenvalue weighted by Gasteiger charge is -2.47. The minimum atomic E-state index is -0.142. The molecule has 2 unspecified atom stereocenters. The van der Waals surface area contributed by atoms with Crippen molar-refractivity contribution in [3.8, 4) is 6.07 Å². The van der Waals surface area contributed by atoms with Crippen molar-refractivity contribution < 1.29 is 0 Å². The van der Waals surface area contributed by atoms with E-state index in [9.17, 15) is 5.26 Å². The van der Waals surface area contributed by atoms with Crippen molar-refractivity contribution in [3.63, 3.8) is 0 Å². The second kappa shape index (κ2) is 7.00. The molecule has 1 saturated carbocycles. The number of benzene rings is 1. The molecule has 1 aromatic carbocycles. The summed E-state index contributed by atoms with van der Waals surface area (Å²) < 4.78 is 0. The van der Waals surface area contributed by atoms with E-state index in [0.29, 0.717) is 5.70 Å². The lowest BCUT2D eigenvalue weighted by Crippen LogP contribution is -2.58. The molecule has 28 heavy (non-hydrogen) atoms. The van der Waals surface area contributed by atoms with Crippen LogP contribution in [0.2, 0.25) is 0 Å². The number of rotatable bonds is 3. The normalized spacial score (nSPS) is 27.4. The van der Waals surface area contributed by atoms with Crippen LogP contribution in [0.3, 0.4) is 0 Å². The van der Waals surface area contributed by atoms with E-state index in [4.69, 9.17) is 4.99 Å². The quantitative estimate of drug-likeness (QED) is 0.804. The zero-order valence-electron chi connectivity index (χ0n) is 16.0. The first kappa shape index (κ1) is 17.3. The van der Waals surface area contributed by atoms with E-state index < -0.39 is 0 Å². The lowest BCUT2D eigenvalue weighted by molar-refractivity contribution is 0.163. The predicted molar refractivity (Wildman–Crippen MR) is 111 cm³/mol. The molecule has 2 aliphatic heterocycles. The number of pyridine rings is 1. The summed E-state index contributed by atoms with van der Waals surface area (Å²) in [6, 6.07) is 18.8. The van der Waals surface area contributed by atoms with Crippen molar-refractivity contribution in [3.05, 3.63) is 71.7 Å². The van der Waals surface area contributed by atoms with E-state index in [1.807, 2.05) is 24.4 Å². The summed E-state index contributed by atoms with van der Waals surface area (Å²) in [5, 5.41) is 10.0. The minimum Gasteiger partial charge on any atom is -0.292 e. The van der Waals surface area contributed by atoms with Gasteiger partial charge in [0.1, 0.15) is 11.8 Å². The molecule has 2 atom stereocenters. The summed E-state index contributed by atoms with van der Waals surface area (Å²) in [6.07, 6.45) is 7.64. The van der Waals surface area contributed by atoms with Crippen molar-refractivity contribution in [1.29, 1.82) is 5.26 Å². The van der Waals surface area contributed by atoms with Crippen molar-refractivity contribution in [2.24, 2.45) is 10.9 Å². The molecular formula is C24H24N4. The second-order valence-electron chi connectivity index (χ2n) is 7.98. The smallest absolute Gasteiger partial charge is 0.145 e. The molecule has 0 amide bonds. The maximum absolute atomic E-state index is 10.0. The molecule has 0 spiro atoms. The molecule has 3 heterocycles. The second-order valence-corrected chi connectivity index (χ2v) is 7.98. The first-order chi connectivity index (χ1) is 13.8. The van der Waals surface area contributed by atoms with Crippen LogP contribution >= 0.6 is 0 Å². The van der Waals surface area contributed by atoms with Crippen molar-refractivity contribution >= 4 is 11.3 Å². The van der Waals surface area contributed by atoms with Crippen LogP contribution in [0.1, 0.15) is 43.4 Å². The SMILES string of the molecule is N#CC1=C(c2ccccc2)C2CCCC2(N2CCCC2)C(c2ccccn2)=N1. The Morgan fingerprint density at radius 2 is 1.79 bits per heavy atom. The standard InChI is InChI=1S/C24H24N4/c25-17-21-22(18-9-2-1-3-10-18)19-11-8-13-24(19,28-15-6-7-16-28)23(27-21)20-12-4-5-14-26-20/h1-5,9-10,12,14,19H,6-8,11,13,15-16H2. The van der Waals surface area contributed by atoms with Gasteiger partial charge in [0, 0.05) is 17.7 Å². The van der Waals surface area contributed by atoms with Gasteiger partial charge in [-0.1, -0.05) is 42.8 Å². The van der Waals surface area contributed by atoms with Crippen LogP contribution in [-0.2, 0) is 0 Å². The summed E-state index contributed by atoms with van der Waals surface area (Å²) in [6.45, 7) is 2.21. The fourth-order valence-electron chi connectivity index (χ4n) is 5.56. The Morgan fingerprint density at radius 1 is 1.00 bits per heavy atom.